The van der Waals surface area contributed by atoms with E-state index < -0.39 is 18.7 Å². The summed E-state index contributed by atoms with van der Waals surface area (Å²) in [5, 5.41) is 3.13. The molecule has 0 aliphatic heterocycles. The van der Waals surface area contributed by atoms with E-state index >= 15 is 0 Å². The van der Waals surface area contributed by atoms with Crippen molar-refractivity contribution in [1.82, 2.24) is 9.55 Å². The van der Waals surface area contributed by atoms with Crippen LogP contribution in [0.2, 0.25) is 5.02 Å². The summed E-state index contributed by atoms with van der Waals surface area (Å²) in [6.45, 7) is 0.381. The number of carbonyl (C=O) groups is 1. The fraction of sp³-hybridized carbons (Fsp3) is 0.250. The average Bonchev–Trinajstić information content (AvgIpc) is 2.67. The standard InChI is InChI=1S/C20H17ClF3N3O3/c1-12-3-2-4-14-18(12)25-11-27(19(14)29)8-7-17(28)26-15-9-13(21)5-6-16(15)30-10-20(22,23)24/h2-6,9,11H,7-8,10H2,1H3,(H,26,28). The minimum Gasteiger partial charge on any atom is -0.482 e. The van der Waals surface area contributed by atoms with Gasteiger partial charge in [-0.1, -0.05) is 23.7 Å². The zero-order valence-corrected chi connectivity index (χ0v) is 16.5. The Balaban J connectivity index is 1.71. The summed E-state index contributed by atoms with van der Waals surface area (Å²) in [5.74, 6) is -0.685. The number of ether oxygens (including phenoxy) is 1. The highest BCUT2D eigenvalue weighted by Gasteiger charge is 2.29. The number of aromatic nitrogens is 2. The number of amides is 1. The van der Waals surface area contributed by atoms with Crippen LogP contribution in [0.4, 0.5) is 18.9 Å². The van der Waals surface area contributed by atoms with E-state index in [9.17, 15) is 22.8 Å². The monoisotopic (exact) mass is 439 g/mol. The largest absolute Gasteiger partial charge is 0.482 e. The molecule has 10 heteroatoms. The van der Waals surface area contributed by atoms with Crippen molar-refractivity contribution >= 4 is 34.1 Å². The van der Waals surface area contributed by atoms with Crippen LogP contribution in [-0.4, -0.2) is 28.2 Å². The van der Waals surface area contributed by atoms with Crippen molar-refractivity contribution in [2.24, 2.45) is 0 Å². The van der Waals surface area contributed by atoms with Crippen LogP contribution in [0, 0.1) is 6.92 Å². The van der Waals surface area contributed by atoms with Crippen LogP contribution in [0.5, 0.6) is 5.75 Å². The van der Waals surface area contributed by atoms with E-state index in [1.165, 1.54) is 29.1 Å². The van der Waals surface area contributed by atoms with Gasteiger partial charge in [0.25, 0.3) is 5.56 Å². The SMILES string of the molecule is Cc1cccc2c(=O)n(CCC(=O)Nc3cc(Cl)ccc3OCC(F)(F)F)cnc12. The lowest BCUT2D eigenvalue weighted by Gasteiger charge is -2.14. The first-order chi connectivity index (χ1) is 14.1. The third-order valence-corrected chi connectivity index (χ3v) is 4.48. The molecule has 3 aromatic rings. The Labute approximate surface area is 174 Å². The van der Waals surface area contributed by atoms with Crippen molar-refractivity contribution in [2.75, 3.05) is 11.9 Å². The van der Waals surface area contributed by atoms with Crippen LogP contribution in [0.1, 0.15) is 12.0 Å². The number of carbonyl (C=O) groups excluding carboxylic acids is 1. The molecular formula is C20H17ClF3N3O3. The predicted octanol–water partition coefficient (Wildman–Crippen LogP) is 4.33. The molecule has 0 saturated carbocycles. The molecule has 0 bridgehead atoms. The molecule has 1 heterocycles. The van der Waals surface area contributed by atoms with Crippen molar-refractivity contribution in [2.45, 2.75) is 26.1 Å². The van der Waals surface area contributed by atoms with Crippen LogP contribution < -0.4 is 15.6 Å². The lowest BCUT2D eigenvalue weighted by atomic mass is 10.1. The Morgan fingerprint density at radius 2 is 2.03 bits per heavy atom. The number of hydrogen-bond acceptors (Lipinski definition) is 4. The Bertz CT molecular complexity index is 1150. The number of fused-ring (bicyclic) bond motifs is 1. The molecule has 0 radical (unpaired) electrons. The van der Waals surface area contributed by atoms with Crippen molar-refractivity contribution in [3.63, 3.8) is 0 Å². The van der Waals surface area contributed by atoms with Crippen LogP contribution in [0.3, 0.4) is 0 Å². The van der Waals surface area contributed by atoms with E-state index in [1.807, 2.05) is 13.0 Å². The van der Waals surface area contributed by atoms with E-state index in [0.29, 0.717) is 10.9 Å². The number of rotatable bonds is 6. The van der Waals surface area contributed by atoms with Crippen molar-refractivity contribution in [3.8, 4) is 5.75 Å². The number of aryl methyl sites for hydroxylation is 2. The first-order valence-electron chi connectivity index (χ1n) is 8.88. The predicted molar refractivity (Wildman–Crippen MR) is 107 cm³/mol. The number of alkyl halides is 3. The molecule has 158 valence electrons. The third kappa shape index (κ3) is 5.29. The van der Waals surface area contributed by atoms with Gasteiger partial charge in [-0.3, -0.25) is 14.2 Å². The molecule has 1 amide bonds. The zero-order valence-electron chi connectivity index (χ0n) is 15.8. The summed E-state index contributed by atoms with van der Waals surface area (Å²) in [4.78, 5) is 29.2. The van der Waals surface area contributed by atoms with Gasteiger partial charge in [0.15, 0.2) is 6.61 Å². The second-order valence-electron chi connectivity index (χ2n) is 6.56. The Morgan fingerprint density at radius 3 is 2.77 bits per heavy atom. The Morgan fingerprint density at radius 1 is 1.27 bits per heavy atom. The molecule has 3 rings (SSSR count). The van der Waals surface area contributed by atoms with Crippen LogP contribution in [-0.2, 0) is 11.3 Å². The van der Waals surface area contributed by atoms with E-state index in [2.05, 4.69) is 10.3 Å². The first kappa shape index (κ1) is 21.6. The molecular weight excluding hydrogens is 423 g/mol. The molecule has 0 aliphatic rings. The van der Waals surface area contributed by atoms with Gasteiger partial charge in [0.2, 0.25) is 5.91 Å². The topological polar surface area (TPSA) is 73.2 Å². The third-order valence-electron chi connectivity index (χ3n) is 4.24. The molecule has 1 N–H and O–H groups in total. The fourth-order valence-corrected chi connectivity index (χ4v) is 2.99. The highest BCUT2D eigenvalue weighted by molar-refractivity contribution is 6.31. The van der Waals surface area contributed by atoms with Crippen LogP contribution in [0.15, 0.2) is 47.5 Å². The van der Waals surface area contributed by atoms with E-state index in [1.54, 1.807) is 12.1 Å². The van der Waals surface area contributed by atoms with E-state index in [0.717, 1.165) is 5.56 Å². The van der Waals surface area contributed by atoms with Gasteiger partial charge in [-0.2, -0.15) is 13.2 Å². The van der Waals surface area contributed by atoms with Gasteiger partial charge < -0.3 is 10.1 Å². The summed E-state index contributed by atoms with van der Waals surface area (Å²) < 4.78 is 43.3. The van der Waals surface area contributed by atoms with Gasteiger partial charge in [-0.15, -0.1) is 0 Å². The molecule has 0 atom stereocenters. The number of anilines is 1. The molecule has 6 nitrogen and oxygen atoms in total. The van der Waals surface area contributed by atoms with E-state index in [4.69, 9.17) is 16.3 Å². The molecule has 1 aromatic heterocycles. The molecule has 0 unspecified atom stereocenters. The highest BCUT2D eigenvalue weighted by Crippen LogP contribution is 2.29. The fourth-order valence-electron chi connectivity index (χ4n) is 2.82. The second-order valence-corrected chi connectivity index (χ2v) is 6.99. The molecule has 0 aliphatic carbocycles. The minimum atomic E-state index is -4.52. The molecule has 0 fully saturated rings. The summed E-state index contributed by atoms with van der Waals surface area (Å²) >= 11 is 5.87. The van der Waals surface area contributed by atoms with Crippen molar-refractivity contribution in [3.05, 3.63) is 63.7 Å². The van der Waals surface area contributed by atoms with E-state index in [-0.39, 0.29) is 35.0 Å². The maximum atomic E-state index is 12.6. The quantitative estimate of drug-likeness (QED) is 0.620. The number of benzene rings is 2. The first-order valence-corrected chi connectivity index (χ1v) is 9.25. The smallest absolute Gasteiger partial charge is 0.422 e. The van der Waals surface area contributed by atoms with Gasteiger partial charge in [-0.25, -0.2) is 4.98 Å². The molecule has 2 aromatic carbocycles. The summed E-state index contributed by atoms with van der Waals surface area (Å²) in [6.07, 6.45) is -3.27. The summed E-state index contributed by atoms with van der Waals surface area (Å²) in [7, 11) is 0. The summed E-state index contributed by atoms with van der Waals surface area (Å²) in [6, 6.07) is 9.13. The second kappa shape index (κ2) is 8.74. The lowest BCUT2D eigenvalue weighted by molar-refractivity contribution is -0.153. The number of halogens is 4. The highest BCUT2D eigenvalue weighted by atomic mass is 35.5. The van der Waals surface area contributed by atoms with Gasteiger partial charge in [0.1, 0.15) is 5.75 Å². The van der Waals surface area contributed by atoms with Crippen LogP contribution >= 0.6 is 11.6 Å². The molecule has 0 spiro atoms. The number of nitrogens with one attached hydrogen (secondary N) is 1. The number of hydrogen-bond donors (Lipinski definition) is 1. The number of nitrogens with zero attached hydrogens (tertiary/aromatic N) is 2. The van der Waals surface area contributed by atoms with Crippen molar-refractivity contribution in [1.29, 1.82) is 0 Å². The van der Waals surface area contributed by atoms with Gasteiger partial charge in [-0.05, 0) is 36.8 Å². The maximum absolute atomic E-state index is 12.6. The van der Waals surface area contributed by atoms with Gasteiger partial charge in [0, 0.05) is 18.0 Å². The van der Waals surface area contributed by atoms with Crippen LogP contribution in [0.25, 0.3) is 10.9 Å². The summed E-state index contributed by atoms with van der Waals surface area (Å²) in [5.41, 5.74) is 1.18. The maximum Gasteiger partial charge on any atom is 0.422 e. The van der Waals surface area contributed by atoms with Gasteiger partial charge >= 0.3 is 6.18 Å². The number of para-hydroxylation sites is 1. The average molecular weight is 440 g/mol. The Hall–Kier alpha value is -3.07. The minimum absolute atomic E-state index is 0.0105. The molecule has 30 heavy (non-hydrogen) atoms. The Kier molecular flexibility index (Phi) is 6.31. The normalized spacial score (nSPS) is 11.5. The lowest BCUT2D eigenvalue weighted by Crippen LogP contribution is -2.24. The molecule has 0 saturated heterocycles. The zero-order chi connectivity index (χ0) is 21.9. The van der Waals surface area contributed by atoms with Gasteiger partial charge in [0.05, 0.1) is 22.9 Å². The van der Waals surface area contributed by atoms with Crippen molar-refractivity contribution < 1.29 is 22.7 Å².